The zero-order valence-corrected chi connectivity index (χ0v) is 19.3. The van der Waals surface area contributed by atoms with Crippen molar-refractivity contribution in [3.8, 4) is 16.9 Å². The van der Waals surface area contributed by atoms with Crippen LogP contribution < -0.4 is 10.9 Å². The van der Waals surface area contributed by atoms with Crippen LogP contribution in [-0.2, 0) is 13.0 Å². The van der Waals surface area contributed by atoms with Crippen LogP contribution in [0.1, 0.15) is 34.6 Å². The van der Waals surface area contributed by atoms with E-state index >= 15 is 0 Å². The van der Waals surface area contributed by atoms with Gasteiger partial charge in [0.1, 0.15) is 18.1 Å². The number of carbonyl (C=O) groups is 1. The van der Waals surface area contributed by atoms with Gasteiger partial charge >= 0.3 is 0 Å². The molecule has 0 aliphatic heterocycles. The van der Waals surface area contributed by atoms with Crippen molar-refractivity contribution in [3.63, 3.8) is 0 Å². The fourth-order valence-electron chi connectivity index (χ4n) is 3.77. The molecule has 0 saturated carbocycles. The van der Waals surface area contributed by atoms with Gasteiger partial charge in [-0.3, -0.25) is 14.3 Å². The number of hydrogen-bond donors (Lipinski definition) is 2. The minimum atomic E-state index is -3.77. The number of aromatic nitrogens is 4. The first-order chi connectivity index (χ1) is 17.1. The topological polar surface area (TPSA) is 102 Å². The van der Waals surface area contributed by atoms with Gasteiger partial charge in [-0.1, -0.05) is 24.3 Å². The molecule has 0 aliphatic rings. The van der Waals surface area contributed by atoms with E-state index in [0.717, 1.165) is 22.0 Å². The SMILES string of the molecule is C[C@@H](NC(=O)c1ccc(=O)n(-c2cccc(-c3ccnn3C)c2)n1)c1cccc(C(F)(F)CO)c1F. The summed E-state index contributed by atoms with van der Waals surface area (Å²) >= 11 is 0. The van der Waals surface area contributed by atoms with Gasteiger partial charge in [0, 0.05) is 30.4 Å². The molecule has 8 nitrogen and oxygen atoms in total. The number of carbonyl (C=O) groups excluding carboxylic acids is 1. The lowest BCUT2D eigenvalue weighted by molar-refractivity contribution is -0.0584. The van der Waals surface area contributed by atoms with Crippen LogP contribution in [0.5, 0.6) is 0 Å². The van der Waals surface area contributed by atoms with E-state index < -0.39 is 41.4 Å². The van der Waals surface area contributed by atoms with Crippen molar-refractivity contribution >= 4 is 5.91 Å². The number of rotatable bonds is 7. The van der Waals surface area contributed by atoms with Gasteiger partial charge in [0.05, 0.1) is 23.0 Å². The molecule has 36 heavy (non-hydrogen) atoms. The highest BCUT2D eigenvalue weighted by Crippen LogP contribution is 2.32. The average molecular weight is 497 g/mol. The third kappa shape index (κ3) is 4.78. The van der Waals surface area contributed by atoms with Crippen molar-refractivity contribution in [2.45, 2.75) is 18.9 Å². The highest BCUT2D eigenvalue weighted by Gasteiger charge is 2.35. The predicted molar refractivity (Wildman–Crippen MR) is 125 cm³/mol. The van der Waals surface area contributed by atoms with E-state index in [1.54, 1.807) is 36.1 Å². The molecular weight excluding hydrogens is 475 g/mol. The summed E-state index contributed by atoms with van der Waals surface area (Å²) in [6, 6.07) is 13.5. The zero-order chi connectivity index (χ0) is 26.0. The number of aliphatic hydroxyl groups is 1. The summed E-state index contributed by atoms with van der Waals surface area (Å²) in [5, 5.41) is 19.7. The number of aliphatic hydroxyl groups excluding tert-OH is 1. The van der Waals surface area contributed by atoms with Gasteiger partial charge in [-0.25, -0.2) is 4.39 Å². The first kappa shape index (κ1) is 24.9. The number of hydrogen-bond acceptors (Lipinski definition) is 5. The first-order valence-electron chi connectivity index (χ1n) is 10.9. The molecule has 11 heteroatoms. The summed E-state index contributed by atoms with van der Waals surface area (Å²) < 4.78 is 45.3. The Hall–Kier alpha value is -4.25. The number of benzene rings is 2. The predicted octanol–water partition coefficient (Wildman–Crippen LogP) is 3.35. The molecule has 0 aliphatic carbocycles. The van der Waals surface area contributed by atoms with Gasteiger partial charge in [-0.15, -0.1) is 0 Å². The average Bonchev–Trinajstić information content (AvgIpc) is 3.30. The molecule has 2 N–H and O–H groups in total. The van der Waals surface area contributed by atoms with Crippen LogP contribution in [-0.4, -0.2) is 37.2 Å². The lowest BCUT2D eigenvalue weighted by Gasteiger charge is -2.20. The monoisotopic (exact) mass is 497 g/mol. The molecule has 0 radical (unpaired) electrons. The molecular formula is C25H22F3N5O3. The number of halogens is 3. The van der Waals surface area contributed by atoms with Crippen LogP contribution in [0.4, 0.5) is 13.2 Å². The molecule has 4 rings (SSSR count). The Balaban J connectivity index is 1.62. The summed E-state index contributed by atoms with van der Waals surface area (Å²) in [5.74, 6) is -5.74. The minimum absolute atomic E-state index is 0.135. The van der Waals surface area contributed by atoms with Crippen molar-refractivity contribution in [2.75, 3.05) is 6.61 Å². The fourth-order valence-corrected chi connectivity index (χ4v) is 3.77. The van der Waals surface area contributed by atoms with Gasteiger partial charge in [0.25, 0.3) is 17.4 Å². The summed E-state index contributed by atoms with van der Waals surface area (Å²) in [4.78, 5) is 25.4. The zero-order valence-electron chi connectivity index (χ0n) is 19.3. The molecule has 0 fully saturated rings. The number of nitrogens with one attached hydrogen (secondary N) is 1. The van der Waals surface area contributed by atoms with Gasteiger partial charge in [0.2, 0.25) is 0 Å². The van der Waals surface area contributed by atoms with Gasteiger partial charge in [-0.05, 0) is 37.3 Å². The molecule has 0 unspecified atom stereocenters. The quantitative estimate of drug-likeness (QED) is 0.408. The number of aryl methyl sites for hydroxylation is 1. The third-order valence-corrected chi connectivity index (χ3v) is 5.68. The summed E-state index contributed by atoms with van der Waals surface area (Å²) in [6.07, 6.45) is 1.64. The fraction of sp³-hybridized carbons (Fsp3) is 0.200. The van der Waals surface area contributed by atoms with E-state index in [0.29, 0.717) is 5.69 Å². The highest BCUT2D eigenvalue weighted by atomic mass is 19.3. The van der Waals surface area contributed by atoms with E-state index in [2.05, 4.69) is 15.5 Å². The van der Waals surface area contributed by atoms with E-state index in [1.807, 2.05) is 12.1 Å². The maximum absolute atomic E-state index is 14.8. The number of amides is 1. The molecule has 186 valence electrons. The third-order valence-electron chi connectivity index (χ3n) is 5.68. The largest absolute Gasteiger partial charge is 0.390 e. The second kappa shape index (κ2) is 9.78. The van der Waals surface area contributed by atoms with Crippen LogP contribution >= 0.6 is 0 Å². The summed E-state index contributed by atoms with van der Waals surface area (Å²) in [7, 11) is 1.78. The maximum atomic E-state index is 14.8. The summed E-state index contributed by atoms with van der Waals surface area (Å²) in [5.41, 5.74) is 0.223. The van der Waals surface area contributed by atoms with Crippen LogP contribution in [0.2, 0.25) is 0 Å². The Morgan fingerprint density at radius 3 is 2.58 bits per heavy atom. The molecule has 4 aromatic rings. The highest BCUT2D eigenvalue weighted by molar-refractivity contribution is 5.92. The normalized spacial score (nSPS) is 12.4. The van der Waals surface area contributed by atoms with Crippen LogP contribution in [0.3, 0.4) is 0 Å². The Labute approximate surface area is 203 Å². The van der Waals surface area contributed by atoms with E-state index in [-0.39, 0.29) is 11.3 Å². The van der Waals surface area contributed by atoms with Crippen molar-refractivity contribution < 1.29 is 23.1 Å². The van der Waals surface area contributed by atoms with Gasteiger partial charge in [-0.2, -0.15) is 23.7 Å². The van der Waals surface area contributed by atoms with Crippen LogP contribution in [0.15, 0.2) is 71.7 Å². The second-order valence-corrected chi connectivity index (χ2v) is 8.13. The smallest absolute Gasteiger partial charge is 0.298 e. The van der Waals surface area contributed by atoms with Crippen molar-refractivity contribution in [3.05, 3.63) is 99.9 Å². The lowest BCUT2D eigenvalue weighted by Crippen LogP contribution is -2.31. The molecule has 2 heterocycles. The molecule has 0 bridgehead atoms. The Kier molecular flexibility index (Phi) is 6.75. The second-order valence-electron chi connectivity index (χ2n) is 8.13. The van der Waals surface area contributed by atoms with Crippen LogP contribution in [0.25, 0.3) is 16.9 Å². The van der Waals surface area contributed by atoms with Crippen LogP contribution in [0, 0.1) is 5.82 Å². The van der Waals surface area contributed by atoms with Crippen molar-refractivity contribution in [1.29, 1.82) is 0 Å². The van der Waals surface area contributed by atoms with Gasteiger partial charge in [0.15, 0.2) is 0 Å². The minimum Gasteiger partial charge on any atom is -0.390 e. The van der Waals surface area contributed by atoms with E-state index in [4.69, 9.17) is 5.11 Å². The molecule has 0 spiro atoms. The molecule has 1 atom stereocenters. The molecule has 2 aromatic carbocycles. The van der Waals surface area contributed by atoms with E-state index in [1.165, 1.54) is 31.2 Å². The standard InChI is InChI=1S/C25H22F3N5O3/c1-15(18-7-4-8-19(23(18)26)25(27,28)14-34)30-24(36)20-9-10-22(35)33(31-20)17-6-3-5-16(13-17)21-11-12-29-32(21)2/h3-13,15,34H,14H2,1-2H3,(H,30,36)/t15-/m1/s1. The Morgan fingerprint density at radius 1 is 1.14 bits per heavy atom. The maximum Gasteiger partial charge on any atom is 0.298 e. The molecule has 1 amide bonds. The number of alkyl halides is 2. The van der Waals surface area contributed by atoms with Crippen molar-refractivity contribution in [2.24, 2.45) is 7.05 Å². The van der Waals surface area contributed by atoms with Crippen molar-refractivity contribution in [1.82, 2.24) is 24.9 Å². The summed E-state index contributed by atoms with van der Waals surface area (Å²) in [6.45, 7) is -0.133. The first-order valence-corrected chi connectivity index (χ1v) is 10.9. The van der Waals surface area contributed by atoms with Gasteiger partial charge < -0.3 is 10.4 Å². The number of nitrogens with zero attached hydrogens (tertiary/aromatic N) is 4. The van der Waals surface area contributed by atoms with E-state index in [9.17, 15) is 22.8 Å². The molecule has 2 aromatic heterocycles. The Morgan fingerprint density at radius 2 is 1.89 bits per heavy atom. The molecule has 0 saturated heterocycles. The Bertz CT molecular complexity index is 1480. The lowest BCUT2D eigenvalue weighted by atomic mass is 10.0.